The Morgan fingerprint density at radius 3 is 2.59 bits per heavy atom. The van der Waals surface area contributed by atoms with Gasteiger partial charge in [-0.3, -0.25) is 9.69 Å². The fraction of sp³-hybridized carbons (Fsp3) is 0.231. The largest absolute Gasteiger partial charge is 0.496 e. The Bertz CT molecular complexity index is 1200. The van der Waals surface area contributed by atoms with E-state index >= 15 is 0 Å². The first-order chi connectivity index (χ1) is 15.4. The van der Waals surface area contributed by atoms with Gasteiger partial charge in [0.05, 0.1) is 7.11 Å². The fourth-order valence-electron chi connectivity index (χ4n) is 3.69. The van der Waals surface area contributed by atoms with Crippen LogP contribution in [0, 0.1) is 5.92 Å². The molecule has 1 aliphatic heterocycles. The van der Waals surface area contributed by atoms with E-state index in [0.29, 0.717) is 29.9 Å². The molecule has 3 aromatic rings. The Balaban J connectivity index is 1.54. The molecule has 1 amide bonds. The minimum absolute atomic E-state index is 0.103. The molecule has 1 N–H and O–H groups in total. The summed E-state index contributed by atoms with van der Waals surface area (Å²) in [6, 6.07) is 20.0. The van der Waals surface area contributed by atoms with Gasteiger partial charge in [-0.05, 0) is 64.8 Å². The molecule has 0 radical (unpaired) electrons. The molecule has 0 unspecified atom stereocenters. The lowest BCUT2D eigenvalue weighted by Gasteiger charge is -2.16. The lowest BCUT2D eigenvalue weighted by Crippen LogP contribution is -2.33. The third-order valence-corrected chi connectivity index (χ3v) is 5.56. The van der Waals surface area contributed by atoms with Crippen LogP contribution in [-0.4, -0.2) is 29.6 Å². The first-order valence-electron chi connectivity index (χ1n) is 10.6. The highest BCUT2D eigenvalue weighted by Crippen LogP contribution is 2.26. The molecule has 0 bridgehead atoms. The number of ether oxygens (including phenoxy) is 2. The highest BCUT2D eigenvalue weighted by molar-refractivity contribution is 7.80. The second kappa shape index (κ2) is 9.40. The number of hydrogen-bond acceptors (Lipinski definition) is 4. The molecule has 1 fully saturated rings. The molecule has 5 nitrogen and oxygen atoms in total. The summed E-state index contributed by atoms with van der Waals surface area (Å²) in [5.41, 5.74) is 2.23. The van der Waals surface area contributed by atoms with Crippen molar-refractivity contribution in [3.8, 4) is 11.5 Å². The zero-order valence-electron chi connectivity index (χ0n) is 18.4. The van der Waals surface area contributed by atoms with Crippen LogP contribution in [0.2, 0.25) is 0 Å². The van der Waals surface area contributed by atoms with Gasteiger partial charge in [0.25, 0.3) is 5.91 Å². The average Bonchev–Trinajstić information content (AvgIpc) is 3.04. The Kier molecular flexibility index (Phi) is 6.42. The van der Waals surface area contributed by atoms with Crippen LogP contribution in [0.5, 0.6) is 11.5 Å². The summed E-state index contributed by atoms with van der Waals surface area (Å²) in [6.07, 6.45) is 1.81. The van der Waals surface area contributed by atoms with E-state index < -0.39 is 0 Å². The Morgan fingerprint density at radius 1 is 1.06 bits per heavy atom. The zero-order valence-corrected chi connectivity index (χ0v) is 19.2. The summed E-state index contributed by atoms with van der Waals surface area (Å²) in [7, 11) is 1.64. The number of amides is 1. The summed E-state index contributed by atoms with van der Waals surface area (Å²) >= 11 is 5.34. The number of fused-ring (bicyclic) bond motifs is 1. The van der Waals surface area contributed by atoms with E-state index in [-0.39, 0.29) is 5.91 Å². The molecule has 164 valence electrons. The first-order valence-corrected chi connectivity index (χ1v) is 11.0. The maximum Gasteiger partial charge on any atom is 0.276 e. The van der Waals surface area contributed by atoms with Crippen molar-refractivity contribution in [1.82, 2.24) is 10.2 Å². The van der Waals surface area contributed by atoms with Crippen molar-refractivity contribution >= 4 is 40.1 Å². The molecular formula is C26H26N2O3S. The summed E-state index contributed by atoms with van der Waals surface area (Å²) in [6.45, 7) is 5.05. The molecule has 0 aliphatic carbocycles. The standard InChI is InChI=1S/C26H26N2O3S/c1-17(2)15-28-25(29)23(27-26(28)32)13-18-8-11-24(30-3)21(12-18)16-31-22-10-9-19-6-4-5-7-20(19)14-22/h4-14,17H,15-16H2,1-3H3,(H,27,32)/b23-13+. The quantitative estimate of drug-likeness (QED) is 0.402. The van der Waals surface area contributed by atoms with Gasteiger partial charge < -0.3 is 14.8 Å². The number of rotatable bonds is 7. The van der Waals surface area contributed by atoms with Crippen molar-refractivity contribution in [2.75, 3.05) is 13.7 Å². The molecule has 6 heteroatoms. The van der Waals surface area contributed by atoms with Crippen LogP contribution in [0.1, 0.15) is 25.0 Å². The smallest absolute Gasteiger partial charge is 0.276 e. The summed E-state index contributed by atoms with van der Waals surface area (Å²) in [4.78, 5) is 14.4. The predicted molar refractivity (Wildman–Crippen MR) is 132 cm³/mol. The highest BCUT2D eigenvalue weighted by Gasteiger charge is 2.30. The molecule has 0 spiro atoms. The van der Waals surface area contributed by atoms with Crippen molar-refractivity contribution in [3.05, 3.63) is 77.5 Å². The molecule has 1 saturated heterocycles. The minimum Gasteiger partial charge on any atom is -0.496 e. The maximum atomic E-state index is 12.7. The van der Waals surface area contributed by atoms with Gasteiger partial charge in [0.1, 0.15) is 23.8 Å². The Labute approximate surface area is 193 Å². The van der Waals surface area contributed by atoms with Gasteiger partial charge in [0.15, 0.2) is 5.11 Å². The highest BCUT2D eigenvalue weighted by atomic mass is 32.1. The molecule has 1 heterocycles. The monoisotopic (exact) mass is 446 g/mol. The van der Waals surface area contributed by atoms with Crippen molar-refractivity contribution in [1.29, 1.82) is 0 Å². The number of thiocarbonyl (C=S) groups is 1. The molecule has 0 atom stereocenters. The van der Waals surface area contributed by atoms with Crippen molar-refractivity contribution in [3.63, 3.8) is 0 Å². The van der Waals surface area contributed by atoms with E-state index in [1.807, 2.05) is 54.6 Å². The van der Waals surface area contributed by atoms with Crippen LogP contribution in [0.15, 0.2) is 66.4 Å². The number of nitrogens with zero attached hydrogens (tertiary/aromatic N) is 1. The second-order valence-corrected chi connectivity index (χ2v) is 8.55. The summed E-state index contributed by atoms with van der Waals surface area (Å²) in [5, 5.41) is 5.78. The molecular weight excluding hydrogens is 420 g/mol. The van der Waals surface area contributed by atoms with Crippen molar-refractivity contribution in [2.45, 2.75) is 20.5 Å². The van der Waals surface area contributed by atoms with Crippen LogP contribution in [0.3, 0.4) is 0 Å². The van der Waals surface area contributed by atoms with Crippen LogP contribution in [0.25, 0.3) is 16.8 Å². The Hall–Kier alpha value is -3.38. The molecule has 4 rings (SSSR count). The van der Waals surface area contributed by atoms with Crippen molar-refractivity contribution < 1.29 is 14.3 Å². The lowest BCUT2D eigenvalue weighted by molar-refractivity contribution is -0.122. The molecule has 32 heavy (non-hydrogen) atoms. The zero-order chi connectivity index (χ0) is 22.7. The normalized spacial score (nSPS) is 15.0. The van der Waals surface area contributed by atoms with Crippen LogP contribution >= 0.6 is 12.2 Å². The lowest BCUT2D eigenvalue weighted by atomic mass is 10.1. The SMILES string of the molecule is COc1ccc(/C=C2/NC(=S)N(CC(C)C)C2=O)cc1COc1ccc2ccccc2c1. The molecule has 0 saturated carbocycles. The van der Waals surface area contributed by atoms with E-state index in [1.165, 1.54) is 5.39 Å². The van der Waals surface area contributed by atoms with E-state index in [1.54, 1.807) is 12.0 Å². The van der Waals surface area contributed by atoms with Crippen LogP contribution < -0.4 is 14.8 Å². The summed E-state index contributed by atoms with van der Waals surface area (Å²) in [5.74, 6) is 1.75. The van der Waals surface area contributed by atoms with E-state index in [2.05, 4.69) is 31.3 Å². The Morgan fingerprint density at radius 2 is 1.84 bits per heavy atom. The molecule has 3 aromatic carbocycles. The number of benzene rings is 3. The van der Waals surface area contributed by atoms with Crippen molar-refractivity contribution in [2.24, 2.45) is 5.92 Å². The van der Waals surface area contributed by atoms with E-state index in [0.717, 1.165) is 28.0 Å². The third-order valence-electron chi connectivity index (χ3n) is 5.24. The van der Waals surface area contributed by atoms with E-state index in [9.17, 15) is 4.79 Å². The third kappa shape index (κ3) is 4.75. The van der Waals surface area contributed by atoms with Crippen LogP contribution in [-0.2, 0) is 11.4 Å². The van der Waals surface area contributed by atoms with E-state index in [4.69, 9.17) is 21.7 Å². The van der Waals surface area contributed by atoms with Gasteiger partial charge >= 0.3 is 0 Å². The number of hydrogen-bond donors (Lipinski definition) is 1. The molecule has 1 aliphatic rings. The fourth-order valence-corrected chi connectivity index (χ4v) is 3.96. The number of carbonyl (C=O) groups excluding carboxylic acids is 1. The second-order valence-electron chi connectivity index (χ2n) is 8.17. The minimum atomic E-state index is -0.103. The van der Waals surface area contributed by atoms with Gasteiger partial charge in [0, 0.05) is 12.1 Å². The van der Waals surface area contributed by atoms with Gasteiger partial charge in [-0.25, -0.2) is 0 Å². The first kappa shape index (κ1) is 21.8. The maximum absolute atomic E-state index is 12.7. The van der Waals surface area contributed by atoms with Gasteiger partial charge in [-0.2, -0.15) is 0 Å². The topological polar surface area (TPSA) is 50.8 Å². The number of methoxy groups -OCH3 is 1. The number of carbonyl (C=O) groups is 1. The number of nitrogens with one attached hydrogen (secondary N) is 1. The average molecular weight is 447 g/mol. The van der Waals surface area contributed by atoms with Gasteiger partial charge in [-0.15, -0.1) is 0 Å². The van der Waals surface area contributed by atoms with Gasteiger partial charge in [-0.1, -0.05) is 50.2 Å². The van der Waals surface area contributed by atoms with Gasteiger partial charge in [0.2, 0.25) is 0 Å². The van der Waals surface area contributed by atoms with Crippen LogP contribution in [0.4, 0.5) is 0 Å². The predicted octanol–water partition coefficient (Wildman–Crippen LogP) is 5.14. The molecule has 0 aromatic heterocycles. The summed E-state index contributed by atoms with van der Waals surface area (Å²) < 4.78 is 11.6.